The second-order valence-corrected chi connectivity index (χ2v) is 7.64. The summed E-state index contributed by atoms with van der Waals surface area (Å²) in [5.41, 5.74) is 1.89. The van der Waals surface area contributed by atoms with Gasteiger partial charge in [-0.2, -0.15) is 0 Å². The Labute approximate surface area is 200 Å². The van der Waals surface area contributed by atoms with Gasteiger partial charge < -0.3 is 24.9 Å². The molecule has 0 spiro atoms. The lowest BCUT2D eigenvalue weighted by molar-refractivity contribution is -0.141. The number of benzene rings is 1. The van der Waals surface area contributed by atoms with Crippen LogP contribution in [0.15, 0.2) is 71.5 Å². The summed E-state index contributed by atoms with van der Waals surface area (Å²) in [5, 5.41) is 15.2. The lowest BCUT2D eigenvalue weighted by Crippen LogP contribution is -2.42. The standard InChI is InChI=1S/C25H24N4O6/c1-2-34-21(30)15-26-23-22(19-9-6-12-35-19)28-20-14-17(10-11-29(20)23)24(31)27-18(25(32)33)13-16-7-4-3-5-8-16/h3-12,14,18,26H,2,13,15H2,1H3,(H,27,31)(H,32,33). The van der Waals surface area contributed by atoms with Crippen molar-refractivity contribution in [2.45, 2.75) is 19.4 Å². The number of imidazole rings is 1. The predicted molar refractivity (Wildman–Crippen MR) is 127 cm³/mol. The van der Waals surface area contributed by atoms with Gasteiger partial charge in [0, 0.05) is 18.2 Å². The fourth-order valence-electron chi connectivity index (χ4n) is 3.60. The van der Waals surface area contributed by atoms with Crippen LogP contribution in [-0.4, -0.2) is 51.5 Å². The first-order valence-corrected chi connectivity index (χ1v) is 11.0. The summed E-state index contributed by atoms with van der Waals surface area (Å²) in [5.74, 6) is -1.14. The second kappa shape index (κ2) is 10.6. The van der Waals surface area contributed by atoms with Crippen molar-refractivity contribution >= 4 is 29.3 Å². The Hall–Kier alpha value is -4.60. The number of aromatic nitrogens is 2. The number of fused-ring (bicyclic) bond motifs is 1. The summed E-state index contributed by atoms with van der Waals surface area (Å²) in [6.07, 6.45) is 3.27. The zero-order valence-electron chi connectivity index (χ0n) is 18.9. The minimum Gasteiger partial charge on any atom is -0.480 e. The third-order valence-electron chi connectivity index (χ3n) is 5.23. The van der Waals surface area contributed by atoms with Crippen LogP contribution in [0.25, 0.3) is 17.1 Å². The van der Waals surface area contributed by atoms with Crippen LogP contribution in [0.4, 0.5) is 5.82 Å². The van der Waals surface area contributed by atoms with Crippen molar-refractivity contribution in [3.8, 4) is 11.5 Å². The van der Waals surface area contributed by atoms with Crippen LogP contribution in [0, 0.1) is 0 Å². The van der Waals surface area contributed by atoms with Crippen LogP contribution >= 0.6 is 0 Å². The smallest absolute Gasteiger partial charge is 0.326 e. The molecule has 180 valence electrons. The molecule has 35 heavy (non-hydrogen) atoms. The summed E-state index contributed by atoms with van der Waals surface area (Å²) < 4.78 is 12.1. The van der Waals surface area contributed by atoms with E-state index in [2.05, 4.69) is 15.6 Å². The van der Waals surface area contributed by atoms with Gasteiger partial charge in [0.2, 0.25) is 0 Å². The van der Waals surface area contributed by atoms with Crippen LogP contribution in [0.5, 0.6) is 0 Å². The molecular formula is C25H24N4O6. The average Bonchev–Trinajstić information content (AvgIpc) is 3.50. The first kappa shape index (κ1) is 23.6. The second-order valence-electron chi connectivity index (χ2n) is 7.64. The Kier molecular flexibility index (Phi) is 7.10. The summed E-state index contributed by atoms with van der Waals surface area (Å²) in [6.45, 7) is 1.90. The van der Waals surface area contributed by atoms with Crippen LogP contribution in [-0.2, 0) is 20.7 Å². The number of furan rings is 1. The third kappa shape index (κ3) is 5.49. The minimum absolute atomic E-state index is 0.0860. The van der Waals surface area contributed by atoms with Crippen molar-refractivity contribution in [1.29, 1.82) is 0 Å². The maximum Gasteiger partial charge on any atom is 0.326 e. The Balaban J connectivity index is 1.60. The zero-order valence-corrected chi connectivity index (χ0v) is 18.9. The van der Waals surface area contributed by atoms with Crippen molar-refractivity contribution in [2.75, 3.05) is 18.5 Å². The third-order valence-corrected chi connectivity index (χ3v) is 5.23. The van der Waals surface area contributed by atoms with E-state index in [0.29, 0.717) is 22.9 Å². The number of hydrogen-bond acceptors (Lipinski definition) is 7. The van der Waals surface area contributed by atoms with Crippen LogP contribution in [0.1, 0.15) is 22.8 Å². The van der Waals surface area contributed by atoms with Gasteiger partial charge in [-0.15, -0.1) is 0 Å². The van der Waals surface area contributed by atoms with Gasteiger partial charge in [0.05, 0.1) is 12.9 Å². The van der Waals surface area contributed by atoms with Crippen LogP contribution < -0.4 is 10.6 Å². The molecule has 10 nitrogen and oxygen atoms in total. The number of rotatable bonds is 10. The molecule has 0 aliphatic heterocycles. The number of esters is 1. The molecule has 0 aliphatic carbocycles. The predicted octanol–water partition coefficient (Wildman–Crippen LogP) is 3.00. The quantitative estimate of drug-likeness (QED) is 0.297. The van der Waals surface area contributed by atoms with E-state index in [1.54, 1.807) is 53.9 Å². The van der Waals surface area contributed by atoms with Gasteiger partial charge in [-0.1, -0.05) is 30.3 Å². The fourth-order valence-corrected chi connectivity index (χ4v) is 3.60. The number of nitrogens with zero attached hydrogens (tertiary/aromatic N) is 2. The zero-order chi connectivity index (χ0) is 24.8. The molecule has 0 bridgehead atoms. The average molecular weight is 476 g/mol. The number of amides is 1. The molecule has 0 aliphatic rings. The Morgan fingerprint density at radius 1 is 1.14 bits per heavy atom. The van der Waals surface area contributed by atoms with E-state index in [9.17, 15) is 19.5 Å². The molecular weight excluding hydrogens is 452 g/mol. The van der Waals surface area contributed by atoms with Gasteiger partial charge in [0.15, 0.2) is 5.76 Å². The van der Waals surface area contributed by atoms with E-state index in [1.807, 2.05) is 18.2 Å². The summed E-state index contributed by atoms with van der Waals surface area (Å²) >= 11 is 0. The summed E-state index contributed by atoms with van der Waals surface area (Å²) in [6, 6.07) is 14.5. The SMILES string of the molecule is CCOC(=O)CNc1c(-c2ccco2)nc2cc(C(=O)NC(Cc3ccccc3)C(=O)O)ccn12. The molecule has 1 unspecified atom stereocenters. The first-order chi connectivity index (χ1) is 17.0. The van der Waals surface area contributed by atoms with Gasteiger partial charge in [0.25, 0.3) is 5.91 Å². The highest BCUT2D eigenvalue weighted by molar-refractivity contribution is 5.97. The monoisotopic (exact) mass is 476 g/mol. The van der Waals surface area contributed by atoms with Gasteiger partial charge in [-0.25, -0.2) is 9.78 Å². The van der Waals surface area contributed by atoms with Crippen molar-refractivity contribution < 1.29 is 28.6 Å². The number of anilines is 1. The molecule has 1 aromatic carbocycles. The fraction of sp³-hybridized carbons (Fsp3) is 0.200. The molecule has 3 heterocycles. The summed E-state index contributed by atoms with van der Waals surface area (Å²) in [7, 11) is 0. The number of carbonyl (C=O) groups excluding carboxylic acids is 2. The molecule has 1 amide bonds. The minimum atomic E-state index is -1.13. The van der Waals surface area contributed by atoms with Crippen molar-refractivity contribution in [3.63, 3.8) is 0 Å². The Morgan fingerprint density at radius 2 is 1.94 bits per heavy atom. The molecule has 0 radical (unpaired) electrons. The van der Waals surface area contributed by atoms with Gasteiger partial charge in [-0.3, -0.25) is 14.0 Å². The number of nitrogens with one attached hydrogen (secondary N) is 2. The van der Waals surface area contributed by atoms with E-state index in [4.69, 9.17) is 9.15 Å². The normalized spacial score (nSPS) is 11.7. The van der Waals surface area contributed by atoms with E-state index < -0.39 is 23.9 Å². The molecule has 4 aromatic rings. The van der Waals surface area contributed by atoms with E-state index in [0.717, 1.165) is 5.56 Å². The lowest BCUT2D eigenvalue weighted by Gasteiger charge is -2.15. The molecule has 0 saturated heterocycles. The van der Waals surface area contributed by atoms with Crippen molar-refractivity contribution in [2.24, 2.45) is 0 Å². The van der Waals surface area contributed by atoms with E-state index in [-0.39, 0.29) is 25.1 Å². The summed E-state index contributed by atoms with van der Waals surface area (Å²) in [4.78, 5) is 41.1. The molecule has 3 N–H and O–H groups in total. The van der Waals surface area contributed by atoms with Crippen LogP contribution in [0.3, 0.4) is 0 Å². The van der Waals surface area contributed by atoms with Crippen molar-refractivity contribution in [1.82, 2.24) is 14.7 Å². The number of pyridine rings is 1. The van der Waals surface area contributed by atoms with Gasteiger partial charge in [-0.05, 0) is 36.8 Å². The van der Waals surface area contributed by atoms with Crippen LogP contribution in [0.2, 0.25) is 0 Å². The number of hydrogen-bond donors (Lipinski definition) is 3. The molecule has 0 fully saturated rings. The molecule has 1 atom stereocenters. The largest absolute Gasteiger partial charge is 0.480 e. The number of carbonyl (C=O) groups is 3. The maximum absolute atomic E-state index is 12.9. The highest BCUT2D eigenvalue weighted by Gasteiger charge is 2.23. The Morgan fingerprint density at radius 3 is 2.63 bits per heavy atom. The molecule has 3 aromatic heterocycles. The first-order valence-electron chi connectivity index (χ1n) is 11.0. The van der Waals surface area contributed by atoms with Gasteiger partial charge >= 0.3 is 11.9 Å². The molecule has 10 heteroatoms. The topological polar surface area (TPSA) is 135 Å². The number of aliphatic carboxylic acids is 1. The number of carboxylic acids is 1. The Bertz CT molecular complexity index is 1330. The highest BCUT2D eigenvalue weighted by Crippen LogP contribution is 2.29. The number of carboxylic acid groups (broad SMARTS) is 1. The molecule has 4 rings (SSSR count). The van der Waals surface area contributed by atoms with Crippen molar-refractivity contribution in [3.05, 3.63) is 78.2 Å². The van der Waals surface area contributed by atoms with E-state index >= 15 is 0 Å². The molecule has 0 saturated carbocycles. The lowest BCUT2D eigenvalue weighted by atomic mass is 10.1. The van der Waals surface area contributed by atoms with E-state index in [1.165, 1.54) is 6.26 Å². The maximum atomic E-state index is 12.9. The number of ether oxygens (including phenoxy) is 1. The highest BCUT2D eigenvalue weighted by atomic mass is 16.5. The van der Waals surface area contributed by atoms with Gasteiger partial charge in [0.1, 0.15) is 29.7 Å².